The minimum Gasteiger partial charge on any atom is -0.324 e. The van der Waals surface area contributed by atoms with Crippen LogP contribution in [0, 0.1) is 25.7 Å². The number of fused-ring (bicyclic) bond motifs is 1. The van der Waals surface area contributed by atoms with Gasteiger partial charge >= 0.3 is 0 Å². The Kier molecular flexibility index (Phi) is 6.26. The summed E-state index contributed by atoms with van der Waals surface area (Å²) < 4.78 is 0. The van der Waals surface area contributed by atoms with Crippen molar-refractivity contribution in [2.24, 2.45) is 5.73 Å². The summed E-state index contributed by atoms with van der Waals surface area (Å²) in [6, 6.07) is 26.8. The molecule has 2 N–H and O–H groups in total. The third-order valence-electron chi connectivity index (χ3n) is 5.34. The Morgan fingerprint density at radius 1 is 0.903 bits per heavy atom. The van der Waals surface area contributed by atoms with Crippen LogP contribution in [0.5, 0.6) is 0 Å². The van der Waals surface area contributed by atoms with E-state index in [1.807, 2.05) is 18.3 Å². The molecule has 0 bridgehead atoms. The molecule has 0 aliphatic carbocycles. The molecular weight excluding hydrogens is 376 g/mol. The van der Waals surface area contributed by atoms with E-state index in [4.69, 9.17) is 5.73 Å². The van der Waals surface area contributed by atoms with Crippen LogP contribution in [0.1, 0.15) is 40.3 Å². The highest BCUT2D eigenvalue weighted by Crippen LogP contribution is 2.26. The SMILES string of the molecule is Cc1ccc(C#C/C(=C/c2ccc(C)cc2)CC(N)c2cccc3cccnc23)cc1. The van der Waals surface area contributed by atoms with Crippen LogP contribution in [0.15, 0.2) is 90.6 Å². The lowest BCUT2D eigenvalue weighted by Crippen LogP contribution is -2.12. The van der Waals surface area contributed by atoms with E-state index in [1.54, 1.807) is 0 Å². The third kappa shape index (κ3) is 5.28. The number of hydrogen-bond acceptors (Lipinski definition) is 2. The summed E-state index contributed by atoms with van der Waals surface area (Å²) >= 11 is 0. The maximum Gasteiger partial charge on any atom is 0.0749 e. The number of rotatable bonds is 4. The van der Waals surface area contributed by atoms with Crippen LogP contribution < -0.4 is 5.73 Å². The van der Waals surface area contributed by atoms with Gasteiger partial charge in [-0.15, -0.1) is 0 Å². The van der Waals surface area contributed by atoms with Crippen LogP contribution in [0.2, 0.25) is 0 Å². The van der Waals surface area contributed by atoms with Gasteiger partial charge in [0, 0.05) is 28.8 Å². The number of benzene rings is 3. The first-order valence-corrected chi connectivity index (χ1v) is 10.5. The molecule has 0 aliphatic heterocycles. The van der Waals surface area contributed by atoms with Gasteiger partial charge in [-0.3, -0.25) is 4.98 Å². The van der Waals surface area contributed by atoms with Crippen LogP contribution >= 0.6 is 0 Å². The fourth-order valence-corrected chi connectivity index (χ4v) is 3.57. The lowest BCUT2D eigenvalue weighted by molar-refractivity contribution is 0.734. The zero-order chi connectivity index (χ0) is 21.6. The van der Waals surface area contributed by atoms with Crippen molar-refractivity contribution < 1.29 is 0 Å². The number of nitrogens with two attached hydrogens (primary N) is 1. The normalized spacial score (nSPS) is 12.3. The second-order valence-electron chi connectivity index (χ2n) is 7.93. The molecular formula is C29H26N2. The van der Waals surface area contributed by atoms with E-state index < -0.39 is 0 Å². The van der Waals surface area contributed by atoms with Gasteiger partial charge in [0.05, 0.1) is 5.52 Å². The predicted molar refractivity (Wildman–Crippen MR) is 131 cm³/mol. The number of para-hydroxylation sites is 1. The lowest BCUT2D eigenvalue weighted by atomic mass is 9.96. The first kappa shape index (κ1) is 20.6. The van der Waals surface area contributed by atoms with Crippen LogP contribution in [0.4, 0.5) is 0 Å². The van der Waals surface area contributed by atoms with Gasteiger partial charge in [-0.1, -0.05) is 83.6 Å². The van der Waals surface area contributed by atoms with Crippen molar-refractivity contribution in [3.8, 4) is 11.8 Å². The largest absolute Gasteiger partial charge is 0.324 e. The quantitative estimate of drug-likeness (QED) is 0.402. The molecule has 1 aromatic heterocycles. The molecule has 0 spiro atoms. The van der Waals surface area contributed by atoms with Gasteiger partial charge in [0.25, 0.3) is 0 Å². The highest BCUT2D eigenvalue weighted by Gasteiger charge is 2.12. The standard InChI is InChI=1S/C29H26N2/c1-21-8-12-23(13-9-21)16-17-25(19-24-14-10-22(2)11-15-24)20-28(30)27-7-3-5-26-6-4-18-31-29(26)27/h3-15,18-19,28H,20,30H2,1-2H3/b25-19-. The van der Waals surface area contributed by atoms with Crippen LogP contribution in [-0.2, 0) is 0 Å². The van der Waals surface area contributed by atoms with E-state index in [0.717, 1.165) is 33.2 Å². The topological polar surface area (TPSA) is 38.9 Å². The van der Waals surface area contributed by atoms with Crippen molar-refractivity contribution in [2.75, 3.05) is 0 Å². The van der Waals surface area contributed by atoms with E-state index in [2.05, 4.69) is 103 Å². The Labute approximate surface area is 184 Å². The van der Waals surface area contributed by atoms with Gasteiger partial charge in [-0.2, -0.15) is 0 Å². The molecule has 0 fully saturated rings. The molecule has 0 saturated carbocycles. The van der Waals surface area contributed by atoms with E-state index in [1.165, 1.54) is 11.1 Å². The molecule has 1 heterocycles. The van der Waals surface area contributed by atoms with E-state index in [-0.39, 0.29) is 6.04 Å². The minimum atomic E-state index is -0.192. The van der Waals surface area contributed by atoms with Crippen molar-refractivity contribution >= 4 is 17.0 Å². The molecule has 2 heteroatoms. The van der Waals surface area contributed by atoms with Crippen LogP contribution in [0.25, 0.3) is 17.0 Å². The Hall–Kier alpha value is -3.67. The van der Waals surface area contributed by atoms with Crippen molar-refractivity contribution in [1.82, 2.24) is 4.98 Å². The van der Waals surface area contributed by atoms with E-state index in [0.29, 0.717) is 6.42 Å². The van der Waals surface area contributed by atoms with Crippen LogP contribution in [-0.4, -0.2) is 4.98 Å². The van der Waals surface area contributed by atoms with Crippen molar-refractivity contribution in [3.05, 3.63) is 118 Å². The summed E-state index contributed by atoms with van der Waals surface area (Å²) in [5.74, 6) is 6.69. The van der Waals surface area contributed by atoms with Crippen molar-refractivity contribution in [2.45, 2.75) is 26.3 Å². The summed E-state index contributed by atoms with van der Waals surface area (Å²) in [4.78, 5) is 4.57. The molecule has 0 radical (unpaired) electrons. The summed E-state index contributed by atoms with van der Waals surface area (Å²) in [7, 11) is 0. The summed E-state index contributed by atoms with van der Waals surface area (Å²) in [5.41, 5.74) is 14.3. The fourth-order valence-electron chi connectivity index (χ4n) is 3.57. The summed E-state index contributed by atoms with van der Waals surface area (Å²) in [5, 5.41) is 1.10. The number of nitrogens with zero attached hydrogens (tertiary/aromatic N) is 1. The number of pyridine rings is 1. The molecule has 3 aromatic carbocycles. The zero-order valence-electron chi connectivity index (χ0n) is 18.0. The number of aryl methyl sites for hydroxylation is 2. The molecule has 2 nitrogen and oxygen atoms in total. The smallest absolute Gasteiger partial charge is 0.0749 e. The average molecular weight is 403 g/mol. The maximum absolute atomic E-state index is 6.68. The average Bonchev–Trinajstić information content (AvgIpc) is 2.79. The van der Waals surface area contributed by atoms with Crippen molar-refractivity contribution in [1.29, 1.82) is 0 Å². The molecule has 1 atom stereocenters. The first-order chi connectivity index (χ1) is 15.1. The Balaban J connectivity index is 1.68. The summed E-state index contributed by atoms with van der Waals surface area (Å²) in [6.07, 6.45) is 4.60. The zero-order valence-corrected chi connectivity index (χ0v) is 18.0. The minimum absolute atomic E-state index is 0.192. The second kappa shape index (κ2) is 9.43. The molecule has 4 rings (SSSR count). The van der Waals surface area contributed by atoms with E-state index in [9.17, 15) is 0 Å². The number of aromatic nitrogens is 1. The molecule has 31 heavy (non-hydrogen) atoms. The van der Waals surface area contributed by atoms with Gasteiger partial charge in [0.15, 0.2) is 0 Å². The Bertz CT molecular complexity index is 1270. The Morgan fingerprint density at radius 2 is 1.58 bits per heavy atom. The Morgan fingerprint density at radius 3 is 2.32 bits per heavy atom. The number of hydrogen-bond donors (Lipinski definition) is 1. The second-order valence-corrected chi connectivity index (χ2v) is 7.93. The highest BCUT2D eigenvalue weighted by atomic mass is 14.7. The molecule has 0 aliphatic rings. The highest BCUT2D eigenvalue weighted by molar-refractivity contribution is 5.82. The van der Waals surface area contributed by atoms with E-state index >= 15 is 0 Å². The molecule has 4 aromatic rings. The molecule has 0 saturated heterocycles. The molecule has 152 valence electrons. The van der Waals surface area contributed by atoms with Gasteiger partial charge in [0.1, 0.15) is 0 Å². The fraction of sp³-hybridized carbons (Fsp3) is 0.138. The third-order valence-corrected chi connectivity index (χ3v) is 5.34. The van der Waals surface area contributed by atoms with Gasteiger partial charge in [0.2, 0.25) is 0 Å². The van der Waals surface area contributed by atoms with Crippen molar-refractivity contribution in [3.63, 3.8) is 0 Å². The molecule has 1 unspecified atom stereocenters. The predicted octanol–water partition coefficient (Wildman–Crippen LogP) is 6.38. The van der Waals surface area contributed by atoms with Gasteiger partial charge in [-0.05, 0) is 55.7 Å². The monoisotopic (exact) mass is 402 g/mol. The maximum atomic E-state index is 6.68. The lowest BCUT2D eigenvalue weighted by Gasteiger charge is -2.14. The van der Waals surface area contributed by atoms with Crippen LogP contribution in [0.3, 0.4) is 0 Å². The molecule has 0 amide bonds. The first-order valence-electron chi connectivity index (χ1n) is 10.5. The van der Waals surface area contributed by atoms with Gasteiger partial charge in [-0.25, -0.2) is 0 Å². The van der Waals surface area contributed by atoms with Gasteiger partial charge < -0.3 is 5.73 Å². The summed E-state index contributed by atoms with van der Waals surface area (Å²) in [6.45, 7) is 4.17.